The average Bonchev–Trinajstić information content (AvgIpc) is 3.23. The van der Waals surface area contributed by atoms with Gasteiger partial charge < -0.3 is 10.2 Å². The number of hydrogen-bond donors (Lipinski definition) is 2. The molecule has 0 saturated heterocycles. The third-order valence-electron chi connectivity index (χ3n) is 4.88. The van der Waals surface area contributed by atoms with Gasteiger partial charge in [-0.1, -0.05) is 31.9 Å². The van der Waals surface area contributed by atoms with Gasteiger partial charge in [-0.05, 0) is 41.7 Å². The van der Waals surface area contributed by atoms with Crippen LogP contribution in [0.25, 0.3) is 0 Å². The largest absolute Gasteiger partial charge is 0.348 e. The van der Waals surface area contributed by atoms with E-state index >= 15 is 0 Å². The number of thiophene rings is 2. The summed E-state index contributed by atoms with van der Waals surface area (Å²) < 4.78 is 0. The van der Waals surface area contributed by atoms with E-state index < -0.39 is 0 Å². The molecular formula is C19H27N2OS2+. The van der Waals surface area contributed by atoms with Gasteiger partial charge in [-0.25, -0.2) is 0 Å². The summed E-state index contributed by atoms with van der Waals surface area (Å²) in [5.74, 6) is 0.817. The number of carbonyl (C=O) groups is 1. The Bertz CT molecular complexity index is 573. The predicted octanol–water partition coefficient (Wildman–Crippen LogP) is 3.09. The van der Waals surface area contributed by atoms with Gasteiger partial charge in [0.05, 0.1) is 9.75 Å². The van der Waals surface area contributed by atoms with Gasteiger partial charge in [0.1, 0.15) is 13.1 Å². The smallest absolute Gasteiger partial charge is 0.275 e. The highest BCUT2D eigenvalue weighted by Crippen LogP contribution is 2.23. The molecule has 0 bridgehead atoms. The molecule has 2 heterocycles. The standard InChI is InChI=1S/C19H26N2OS2/c1-15-6-2-3-9-18(15)20-19(22)14-21(12-16-7-4-10-23-16)13-17-8-5-11-24-17/h4-5,7-8,10-11,15,18H,2-3,6,9,12-14H2,1H3,(H,20,22)/p+1/t15-,18-/m0/s1. The molecule has 3 nitrogen and oxygen atoms in total. The van der Waals surface area contributed by atoms with Crippen LogP contribution < -0.4 is 10.2 Å². The monoisotopic (exact) mass is 363 g/mol. The average molecular weight is 364 g/mol. The van der Waals surface area contributed by atoms with E-state index in [1.165, 1.54) is 33.9 Å². The molecule has 1 amide bonds. The normalized spacial score (nSPS) is 21.1. The van der Waals surface area contributed by atoms with Crippen LogP contribution >= 0.6 is 22.7 Å². The van der Waals surface area contributed by atoms with E-state index in [1.54, 1.807) is 22.7 Å². The quantitative estimate of drug-likeness (QED) is 0.779. The van der Waals surface area contributed by atoms with E-state index in [0.717, 1.165) is 19.5 Å². The number of nitrogens with one attached hydrogen (secondary N) is 2. The number of quaternary nitrogens is 1. The highest BCUT2D eigenvalue weighted by Gasteiger charge is 2.25. The van der Waals surface area contributed by atoms with Crippen molar-refractivity contribution in [3.8, 4) is 0 Å². The van der Waals surface area contributed by atoms with Crippen LogP contribution in [0.15, 0.2) is 35.0 Å². The lowest BCUT2D eigenvalue weighted by Crippen LogP contribution is -3.10. The van der Waals surface area contributed by atoms with Crippen molar-refractivity contribution < 1.29 is 9.69 Å². The Labute approximate surface area is 152 Å². The zero-order chi connectivity index (χ0) is 16.8. The first kappa shape index (κ1) is 17.6. The van der Waals surface area contributed by atoms with Crippen LogP contribution in [0.4, 0.5) is 0 Å². The first-order chi connectivity index (χ1) is 11.7. The van der Waals surface area contributed by atoms with Crippen molar-refractivity contribution >= 4 is 28.6 Å². The van der Waals surface area contributed by atoms with Gasteiger partial charge in [-0.3, -0.25) is 4.79 Å². The zero-order valence-electron chi connectivity index (χ0n) is 14.3. The van der Waals surface area contributed by atoms with Gasteiger partial charge in [0.2, 0.25) is 0 Å². The first-order valence-corrected chi connectivity index (χ1v) is 10.6. The fourth-order valence-corrected chi connectivity index (χ4v) is 5.08. The Kier molecular flexibility index (Phi) is 6.46. The minimum absolute atomic E-state index is 0.205. The second kappa shape index (κ2) is 8.79. The number of rotatable bonds is 7. The predicted molar refractivity (Wildman–Crippen MR) is 101 cm³/mol. The van der Waals surface area contributed by atoms with Gasteiger partial charge in [-0.15, -0.1) is 22.7 Å². The van der Waals surface area contributed by atoms with Crippen LogP contribution in [0.5, 0.6) is 0 Å². The first-order valence-electron chi connectivity index (χ1n) is 8.88. The summed E-state index contributed by atoms with van der Waals surface area (Å²) in [7, 11) is 0. The summed E-state index contributed by atoms with van der Waals surface area (Å²) >= 11 is 3.56. The topological polar surface area (TPSA) is 33.5 Å². The highest BCUT2D eigenvalue weighted by molar-refractivity contribution is 7.10. The minimum Gasteiger partial charge on any atom is -0.348 e. The van der Waals surface area contributed by atoms with Gasteiger partial charge >= 0.3 is 0 Å². The lowest BCUT2D eigenvalue weighted by molar-refractivity contribution is -0.919. The van der Waals surface area contributed by atoms with E-state index in [1.807, 2.05) is 0 Å². The molecule has 2 atom stereocenters. The molecule has 3 rings (SSSR count). The number of amides is 1. The molecular weight excluding hydrogens is 336 g/mol. The molecule has 0 spiro atoms. The van der Waals surface area contributed by atoms with Crippen molar-refractivity contribution in [2.75, 3.05) is 6.54 Å². The Morgan fingerprint density at radius 1 is 1.12 bits per heavy atom. The third kappa shape index (κ3) is 5.16. The lowest BCUT2D eigenvalue weighted by Gasteiger charge is -2.30. The third-order valence-corrected chi connectivity index (χ3v) is 6.63. The maximum Gasteiger partial charge on any atom is 0.275 e. The Morgan fingerprint density at radius 3 is 2.29 bits per heavy atom. The Balaban J connectivity index is 1.58. The van der Waals surface area contributed by atoms with Gasteiger partial charge in [0.25, 0.3) is 5.91 Å². The SMILES string of the molecule is C[C@H]1CCCC[C@@H]1NC(=O)C[NH+](Cc1cccs1)Cc1cccs1. The van der Waals surface area contributed by atoms with Gasteiger partial charge in [-0.2, -0.15) is 0 Å². The van der Waals surface area contributed by atoms with Crippen molar-refractivity contribution in [1.82, 2.24) is 5.32 Å². The Hall–Kier alpha value is -1.17. The summed E-state index contributed by atoms with van der Waals surface area (Å²) in [5, 5.41) is 7.53. The van der Waals surface area contributed by atoms with Crippen LogP contribution in [-0.4, -0.2) is 18.5 Å². The molecule has 0 aliphatic heterocycles. The maximum atomic E-state index is 12.6. The number of hydrogen-bond acceptors (Lipinski definition) is 3. The van der Waals surface area contributed by atoms with E-state index in [2.05, 4.69) is 47.3 Å². The van der Waals surface area contributed by atoms with E-state index in [4.69, 9.17) is 0 Å². The summed E-state index contributed by atoms with van der Waals surface area (Å²) in [5.41, 5.74) is 0. The maximum absolute atomic E-state index is 12.6. The fraction of sp³-hybridized carbons (Fsp3) is 0.526. The van der Waals surface area contributed by atoms with E-state index in [0.29, 0.717) is 18.5 Å². The molecule has 1 fully saturated rings. The molecule has 1 aliphatic rings. The van der Waals surface area contributed by atoms with Crippen molar-refractivity contribution in [3.05, 3.63) is 44.8 Å². The van der Waals surface area contributed by atoms with Gasteiger partial charge in [0.15, 0.2) is 6.54 Å². The van der Waals surface area contributed by atoms with Crippen LogP contribution in [-0.2, 0) is 17.9 Å². The van der Waals surface area contributed by atoms with E-state index in [-0.39, 0.29) is 5.91 Å². The number of carbonyl (C=O) groups excluding carboxylic acids is 1. The minimum atomic E-state index is 0.205. The van der Waals surface area contributed by atoms with Crippen LogP contribution in [0.1, 0.15) is 42.4 Å². The van der Waals surface area contributed by atoms with Crippen molar-refractivity contribution in [1.29, 1.82) is 0 Å². The summed E-state index contributed by atoms with van der Waals surface area (Å²) in [4.78, 5) is 16.6. The second-order valence-electron chi connectivity index (χ2n) is 6.87. The summed E-state index contributed by atoms with van der Waals surface area (Å²) in [6.45, 7) is 4.66. The van der Waals surface area contributed by atoms with Crippen molar-refractivity contribution in [2.24, 2.45) is 5.92 Å². The molecule has 130 valence electrons. The molecule has 1 saturated carbocycles. The molecule has 2 aromatic rings. The zero-order valence-corrected chi connectivity index (χ0v) is 15.9. The molecule has 24 heavy (non-hydrogen) atoms. The molecule has 5 heteroatoms. The van der Waals surface area contributed by atoms with Crippen LogP contribution in [0, 0.1) is 5.92 Å². The molecule has 0 radical (unpaired) electrons. The molecule has 1 aliphatic carbocycles. The molecule has 0 aromatic carbocycles. The van der Waals surface area contributed by atoms with Crippen LogP contribution in [0.3, 0.4) is 0 Å². The van der Waals surface area contributed by atoms with Crippen molar-refractivity contribution in [2.45, 2.75) is 51.7 Å². The second-order valence-corrected chi connectivity index (χ2v) is 8.94. The molecule has 2 N–H and O–H groups in total. The summed E-state index contributed by atoms with van der Waals surface area (Å²) in [6.07, 6.45) is 4.93. The summed E-state index contributed by atoms with van der Waals surface area (Å²) in [6, 6.07) is 8.88. The molecule has 0 unspecified atom stereocenters. The lowest BCUT2D eigenvalue weighted by atomic mass is 9.86. The van der Waals surface area contributed by atoms with Crippen LogP contribution in [0.2, 0.25) is 0 Å². The highest BCUT2D eigenvalue weighted by atomic mass is 32.1. The fourth-order valence-electron chi connectivity index (χ4n) is 3.52. The van der Waals surface area contributed by atoms with Crippen molar-refractivity contribution in [3.63, 3.8) is 0 Å². The Morgan fingerprint density at radius 2 is 1.75 bits per heavy atom. The van der Waals surface area contributed by atoms with Gasteiger partial charge in [0, 0.05) is 6.04 Å². The van der Waals surface area contributed by atoms with E-state index in [9.17, 15) is 4.79 Å². The molecule has 2 aromatic heterocycles.